The number of benzene rings is 1. The molecule has 0 spiro atoms. The molecular weight excluding hydrogens is 232 g/mol. The summed E-state index contributed by atoms with van der Waals surface area (Å²) < 4.78 is 26.2. The highest BCUT2D eigenvalue weighted by molar-refractivity contribution is 5.21. The first-order valence-corrected chi connectivity index (χ1v) is 6.76. The van der Waals surface area contributed by atoms with Gasteiger partial charge in [-0.15, -0.1) is 0 Å². The quantitative estimate of drug-likeness (QED) is 0.838. The fourth-order valence-corrected chi connectivity index (χ4v) is 2.75. The van der Waals surface area contributed by atoms with Crippen molar-refractivity contribution in [3.63, 3.8) is 0 Å². The van der Waals surface area contributed by atoms with Gasteiger partial charge in [0, 0.05) is 6.04 Å². The average molecular weight is 253 g/mol. The minimum Gasteiger partial charge on any atom is -0.310 e. The van der Waals surface area contributed by atoms with Crippen LogP contribution in [0.25, 0.3) is 0 Å². The highest BCUT2D eigenvalue weighted by Crippen LogP contribution is 2.30. The Bertz CT molecular complexity index is 403. The molecule has 1 nitrogen and oxygen atoms in total. The first-order valence-electron chi connectivity index (χ1n) is 6.76. The van der Waals surface area contributed by atoms with E-state index in [4.69, 9.17) is 0 Å². The van der Waals surface area contributed by atoms with Crippen LogP contribution in [-0.4, -0.2) is 6.54 Å². The molecule has 1 aromatic rings. The van der Waals surface area contributed by atoms with Gasteiger partial charge >= 0.3 is 0 Å². The van der Waals surface area contributed by atoms with E-state index < -0.39 is 11.6 Å². The summed E-state index contributed by atoms with van der Waals surface area (Å²) in [5.41, 5.74) is 0.860. The zero-order valence-electron chi connectivity index (χ0n) is 11.0. The molecule has 0 bridgehead atoms. The maximum Gasteiger partial charge on any atom is 0.159 e. The van der Waals surface area contributed by atoms with Crippen LogP contribution >= 0.6 is 0 Å². The lowest BCUT2D eigenvalue weighted by molar-refractivity contribution is 0.347. The Balaban J connectivity index is 2.07. The molecule has 2 rings (SSSR count). The Labute approximate surface area is 108 Å². The fraction of sp³-hybridized carbons (Fsp3) is 0.600. The van der Waals surface area contributed by atoms with Crippen molar-refractivity contribution in [3.8, 4) is 0 Å². The molecular formula is C15H21F2N. The molecule has 1 N–H and O–H groups in total. The minimum atomic E-state index is -0.771. The second kappa shape index (κ2) is 5.79. The van der Waals surface area contributed by atoms with Crippen LogP contribution in [0.1, 0.15) is 44.7 Å². The van der Waals surface area contributed by atoms with Gasteiger partial charge in [-0.2, -0.15) is 0 Å². The van der Waals surface area contributed by atoms with Crippen LogP contribution in [0.4, 0.5) is 8.78 Å². The third kappa shape index (κ3) is 3.08. The summed E-state index contributed by atoms with van der Waals surface area (Å²) in [6.45, 7) is 5.46. The van der Waals surface area contributed by atoms with E-state index in [-0.39, 0.29) is 6.04 Å². The number of hydrogen-bond donors (Lipinski definition) is 1. The third-order valence-corrected chi connectivity index (χ3v) is 4.02. The largest absolute Gasteiger partial charge is 0.310 e. The van der Waals surface area contributed by atoms with E-state index in [0.717, 1.165) is 37.3 Å². The second-order valence-corrected chi connectivity index (χ2v) is 5.55. The lowest BCUT2D eigenvalue weighted by Gasteiger charge is -2.18. The van der Waals surface area contributed by atoms with Crippen LogP contribution in [0, 0.1) is 23.5 Å². The van der Waals surface area contributed by atoms with Gasteiger partial charge in [0.1, 0.15) is 0 Å². The maximum atomic E-state index is 13.2. The van der Waals surface area contributed by atoms with Gasteiger partial charge in [-0.25, -0.2) is 8.78 Å². The third-order valence-electron chi connectivity index (χ3n) is 4.02. The Morgan fingerprint density at radius 1 is 1.11 bits per heavy atom. The van der Waals surface area contributed by atoms with Gasteiger partial charge in [0.15, 0.2) is 11.6 Å². The molecule has 0 saturated carbocycles. The van der Waals surface area contributed by atoms with Crippen molar-refractivity contribution >= 4 is 0 Å². The first-order chi connectivity index (χ1) is 8.58. The van der Waals surface area contributed by atoms with Gasteiger partial charge < -0.3 is 5.32 Å². The molecule has 1 aromatic carbocycles. The summed E-state index contributed by atoms with van der Waals surface area (Å²) in [4.78, 5) is 0. The zero-order valence-corrected chi connectivity index (χ0v) is 11.0. The highest BCUT2D eigenvalue weighted by Gasteiger charge is 2.22. The topological polar surface area (TPSA) is 12.0 Å². The molecule has 0 amide bonds. The number of halogens is 2. The maximum absolute atomic E-state index is 13.2. The SMILES string of the molecule is CC(C)[C@H]1CCN[C@H](c2ccc(F)c(F)c2)CC1. The standard InChI is InChI=1S/C15H21F2N/c1-10(2)11-4-6-15(18-8-7-11)12-3-5-13(16)14(17)9-12/h3,5,9-11,15,18H,4,6-8H2,1-2H3/t11-,15+/m1/s1. The van der Waals surface area contributed by atoms with Gasteiger partial charge in [-0.1, -0.05) is 19.9 Å². The summed E-state index contributed by atoms with van der Waals surface area (Å²) in [6.07, 6.45) is 3.31. The monoisotopic (exact) mass is 253 g/mol. The summed E-state index contributed by atoms with van der Waals surface area (Å²) >= 11 is 0. The van der Waals surface area contributed by atoms with Crippen LogP contribution in [-0.2, 0) is 0 Å². The molecule has 0 unspecified atom stereocenters. The van der Waals surface area contributed by atoms with Gasteiger partial charge in [-0.05, 0) is 55.3 Å². The first kappa shape index (κ1) is 13.5. The van der Waals surface area contributed by atoms with Crippen molar-refractivity contribution in [1.82, 2.24) is 5.32 Å². The van der Waals surface area contributed by atoms with Crippen molar-refractivity contribution in [1.29, 1.82) is 0 Å². The molecule has 1 aliphatic rings. The predicted molar refractivity (Wildman–Crippen MR) is 69.3 cm³/mol. The van der Waals surface area contributed by atoms with Crippen molar-refractivity contribution in [2.45, 2.75) is 39.2 Å². The van der Waals surface area contributed by atoms with E-state index in [2.05, 4.69) is 19.2 Å². The van der Waals surface area contributed by atoms with E-state index in [9.17, 15) is 8.78 Å². The molecule has 1 saturated heterocycles. The van der Waals surface area contributed by atoms with Crippen molar-refractivity contribution in [2.24, 2.45) is 11.8 Å². The Kier molecular flexibility index (Phi) is 4.33. The lowest BCUT2D eigenvalue weighted by atomic mass is 9.88. The van der Waals surface area contributed by atoms with Gasteiger partial charge in [-0.3, -0.25) is 0 Å². The highest BCUT2D eigenvalue weighted by atomic mass is 19.2. The van der Waals surface area contributed by atoms with E-state index in [1.165, 1.54) is 12.1 Å². The van der Waals surface area contributed by atoms with E-state index in [1.807, 2.05) is 0 Å². The summed E-state index contributed by atoms with van der Waals surface area (Å²) in [7, 11) is 0. The number of hydrogen-bond acceptors (Lipinski definition) is 1. The summed E-state index contributed by atoms with van der Waals surface area (Å²) in [6, 6.07) is 4.38. The predicted octanol–water partition coefficient (Wildman–Crippen LogP) is 4.05. The van der Waals surface area contributed by atoms with Gasteiger partial charge in [0.05, 0.1) is 0 Å². The molecule has 0 aliphatic carbocycles. The Morgan fingerprint density at radius 3 is 2.56 bits per heavy atom. The van der Waals surface area contributed by atoms with E-state index >= 15 is 0 Å². The summed E-state index contributed by atoms with van der Waals surface area (Å²) in [5.74, 6) is -0.102. The van der Waals surface area contributed by atoms with Crippen LogP contribution < -0.4 is 5.32 Å². The van der Waals surface area contributed by atoms with Gasteiger partial charge in [0.25, 0.3) is 0 Å². The lowest BCUT2D eigenvalue weighted by Crippen LogP contribution is -2.20. The van der Waals surface area contributed by atoms with Crippen LogP contribution in [0.2, 0.25) is 0 Å². The molecule has 3 heteroatoms. The van der Waals surface area contributed by atoms with Crippen molar-refractivity contribution in [3.05, 3.63) is 35.4 Å². The molecule has 100 valence electrons. The smallest absolute Gasteiger partial charge is 0.159 e. The summed E-state index contributed by atoms with van der Waals surface area (Å²) in [5, 5.41) is 3.44. The van der Waals surface area contributed by atoms with Gasteiger partial charge in [0.2, 0.25) is 0 Å². The molecule has 1 fully saturated rings. The van der Waals surface area contributed by atoms with E-state index in [1.54, 1.807) is 6.07 Å². The Hall–Kier alpha value is -0.960. The Morgan fingerprint density at radius 2 is 1.89 bits per heavy atom. The van der Waals surface area contributed by atoms with Crippen LogP contribution in [0.5, 0.6) is 0 Å². The number of rotatable bonds is 2. The second-order valence-electron chi connectivity index (χ2n) is 5.55. The van der Waals surface area contributed by atoms with Crippen LogP contribution in [0.15, 0.2) is 18.2 Å². The molecule has 1 heterocycles. The average Bonchev–Trinajstić information content (AvgIpc) is 2.58. The zero-order chi connectivity index (χ0) is 13.1. The van der Waals surface area contributed by atoms with Crippen molar-refractivity contribution in [2.75, 3.05) is 6.54 Å². The molecule has 18 heavy (non-hydrogen) atoms. The number of nitrogens with one attached hydrogen (secondary N) is 1. The van der Waals surface area contributed by atoms with Crippen LogP contribution in [0.3, 0.4) is 0 Å². The molecule has 0 radical (unpaired) electrons. The fourth-order valence-electron chi connectivity index (χ4n) is 2.75. The minimum absolute atomic E-state index is 0.156. The normalized spacial score (nSPS) is 25.2. The van der Waals surface area contributed by atoms with E-state index in [0.29, 0.717) is 5.92 Å². The molecule has 1 aliphatic heterocycles. The molecule has 0 aromatic heterocycles. The van der Waals surface area contributed by atoms with Crippen molar-refractivity contribution < 1.29 is 8.78 Å². The molecule has 2 atom stereocenters.